The summed E-state index contributed by atoms with van der Waals surface area (Å²) in [6.45, 7) is 10.1. The first-order valence-corrected chi connectivity index (χ1v) is 9.83. The summed E-state index contributed by atoms with van der Waals surface area (Å²) in [5.41, 5.74) is 0.436. The van der Waals surface area contributed by atoms with Gasteiger partial charge in [-0.15, -0.1) is 0 Å². The molecule has 0 radical (unpaired) electrons. The summed E-state index contributed by atoms with van der Waals surface area (Å²) in [5, 5.41) is 0.770. The predicted molar refractivity (Wildman–Crippen MR) is 103 cm³/mol. The molecule has 4 nitrogen and oxygen atoms in total. The SMILES string of the molecule is CC(C)(C)OC(=O)N1C(CCC2(c3ccc(Cl)cc3)CC2)COC1(C)C. The van der Waals surface area contributed by atoms with E-state index in [1.807, 2.05) is 46.8 Å². The molecule has 2 fully saturated rings. The Labute approximate surface area is 161 Å². The first kappa shape index (κ1) is 19.5. The lowest BCUT2D eigenvalue weighted by Crippen LogP contribution is -2.50. The van der Waals surface area contributed by atoms with E-state index in [9.17, 15) is 4.79 Å². The average molecular weight is 380 g/mol. The van der Waals surface area contributed by atoms with Gasteiger partial charge in [0.25, 0.3) is 0 Å². The third-order valence-electron chi connectivity index (χ3n) is 5.43. The van der Waals surface area contributed by atoms with Gasteiger partial charge in [-0.05, 0) is 83.4 Å². The van der Waals surface area contributed by atoms with E-state index >= 15 is 0 Å². The molecule has 1 atom stereocenters. The zero-order valence-corrected chi connectivity index (χ0v) is 17.2. The summed E-state index contributed by atoms with van der Waals surface area (Å²) in [5.74, 6) is 0. The molecule has 1 aliphatic heterocycles. The molecule has 1 aromatic carbocycles. The molecular weight excluding hydrogens is 350 g/mol. The highest BCUT2D eigenvalue weighted by atomic mass is 35.5. The van der Waals surface area contributed by atoms with Gasteiger partial charge >= 0.3 is 6.09 Å². The summed E-state index contributed by atoms with van der Waals surface area (Å²) in [4.78, 5) is 14.5. The summed E-state index contributed by atoms with van der Waals surface area (Å²) in [6, 6.07) is 8.24. The minimum absolute atomic E-state index is 0.0459. The van der Waals surface area contributed by atoms with Crippen molar-refractivity contribution in [2.24, 2.45) is 0 Å². The number of halogens is 1. The van der Waals surface area contributed by atoms with E-state index in [-0.39, 0.29) is 17.6 Å². The molecule has 26 heavy (non-hydrogen) atoms. The van der Waals surface area contributed by atoms with E-state index in [1.165, 1.54) is 18.4 Å². The Morgan fingerprint density at radius 3 is 2.42 bits per heavy atom. The maximum absolute atomic E-state index is 12.7. The number of carbonyl (C=O) groups excluding carboxylic acids is 1. The van der Waals surface area contributed by atoms with Gasteiger partial charge in [-0.2, -0.15) is 0 Å². The molecule has 0 spiro atoms. The topological polar surface area (TPSA) is 38.8 Å². The Bertz CT molecular complexity index is 659. The van der Waals surface area contributed by atoms with Crippen molar-refractivity contribution in [3.8, 4) is 0 Å². The number of hydrogen-bond acceptors (Lipinski definition) is 3. The van der Waals surface area contributed by atoms with Crippen LogP contribution in [0.1, 0.15) is 65.9 Å². The van der Waals surface area contributed by atoms with Crippen LogP contribution in [0.25, 0.3) is 0 Å². The average Bonchev–Trinajstić information content (AvgIpc) is 3.23. The van der Waals surface area contributed by atoms with E-state index in [0.29, 0.717) is 6.61 Å². The fourth-order valence-electron chi connectivity index (χ4n) is 3.86. The number of hydrogen-bond donors (Lipinski definition) is 0. The van der Waals surface area contributed by atoms with Crippen molar-refractivity contribution in [1.29, 1.82) is 0 Å². The normalized spacial score (nSPS) is 23.8. The van der Waals surface area contributed by atoms with Gasteiger partial charge < -0.3 is 9.47 Å². The van der Waals surface area contributed by atoms with E-state index < -0.39 is 11.3 Å². The molecule has 1 aliphatic carbocycles. The molecule has 0 N–H and O–H groups in total. The zero-order valence-electron chi connectivity index (χ0n) is 16.5. The molecule has 144 valence electrons. The van der Waals surface area contributed by atoms with Crippen molar-refractivity contribution in [1.82, 2.24) is 4.90 Å². The molecule has 0 aromatic heterocycles. The van der Waals surface area contributed by atoms with Crippen molar-refractivity contribution < 1.29 is 14.3 Å². The monoisotopic (exact) mass is 379 g/mol. The number of amides is 1. The molecule has 3 rings (SSSR count). The van der Waals surface area contributed by atoms with Crippen molar-refractivity contribution in [2.45, 2.75) is 83.1 Å². The predicted octanol–water partition coefficient (Wildman–Crippen LogP) is 5.52. The third kappa shape index (κ3) is 4.17. The second-order valence-electron chi connectivity index (χ2n) is 9.09. The van der Waals surface area contributed by atoms with Gasteiger partial charge in [-0.25, -0.2) is 4.79 Å². The molecule has 2 aliphatic rings. The van der Waals surface area contributed by atoms with Crippen LogP contribution < -0.4 is 0 Å². The number of benzene rings is 1. The second kappa shape index (κ2) is 6.72. The van der Waals surface area contributed by atoms with Crippen LogP contribution in [-0.2, 0) is 14.9 Å². The standard InChI is InChI=1S/C21H30ClNO3/c1-19(2,3)26-18(24)23-17(14-25-20(23,4)5)10-11-21(12-13-21)15-6-8-16(22)9-7-15/h6-9,17H,10-14H2,1-5H3. The first-order chi connectivity index (χ1) is 12.0. The molecule has 1 amide bonds. The van der Waals surface area contributed by atoms with Crippen LogP contribution in [0.15, 0.2) is 24.3 Å². The highest BCUT2D eigenvalue weighted by Crippen LogP contribution is 2.52. The van der Waals surface area contributed by atoms with E-state index in [2.05, 4.69) is 12.1 Å². The minimum Gasteiger partial charge on any atom is -0.444 e. The molecule has 0 bridgehead atoms. The van der Waals surface area contributed by atoms with Gasteiger partial charge in [0.1, 0.15) is 11.3 Å². The number of rotatable bonds is 4. The molecular formula is C21H30ClNO3. The number of nitrogens with zero attached hydrogens (tertiary/aromatic N) is 1. The summed E-state index contributed by atoms with van der Waals surface area (Å²) >= 11 is 6.03. The van der Waals surface area contributed by atoms with Crippen LogP contribution >= 0.6 is 11.6 Å². The van der Waals surface area contributed by atoms with Gasteiger partial charge in [0, 0.05) is 5.02 Å². The van der Waals surface area contributed by atoms with Crippen molar-refractivity contribution >= 4 is 17.7 Å². The highest BCUT2D eigenvalue weighted by molar-refractivity contribution is 6.30. The fourth-order valence-corrected chi connectivity index (χ4v) is 3.98. The lowest BCUT2D eigenvalue weighted by Gasteiger charge is -2.35. The van der Waals surface area contributed by atoms with E-state index in [4.69, 9.17) is 21.1 Å². The van der Waals surface area contributed by atoms with E-state index in [0.717, 1.165) is 17.9 Å². The largest absolute Gasteiger partial charge is 0.444 e. The Balaban J connectivity index is 1.68. The fraction of sp³-hybridized carbons (Fsp3) is 0.667. The van der Waals surface area contributed by atoms with Crippen LogP contribution in [0.2, 0.25) is 5.02 Å². The zero-order chi connectivity index (χ0) is 19.2. The smallest absolute Gasteiger partial charge is 0.412 e. The van der Waals surface area contributed by atoms with Gasteiger partial charge in [0.05, 0.1) is 12.6 Å². The summed E-state index contributed by atoms with van der Waals surface area (Å²) in [7, 11) is 0. The van der Waals surface area contributed by atoms with Crippen LogP contribution in [0.5, 0.6) is 0 Å². The van der Waals surface area contributed by atoms with Crippen molar-refractivity contribution in [3.05, 3.63) is 34.9 Å². The van der Waals surface area contributed by atoms with Gasteiger partial charge in [-0.1, -0.05) is 23.7 Å². The van der Waals surface area contributed by atoms with Crippen LogP contribution in [0.4, 0.5) is 4.79 Å². The van der Waals surface area contributed by atoms with E-state index in [1.54, 1.807) is 4.90 Å². The lowest BCUT2D eigenvalue weighted by molar-refractivity contribution is -0.0627. The van der Waals surface area contributed by atoms with Gasteiger partial charge in [-0.3, -0.25) is 4.90 Å². The molecule has 1 aromatic rings. The van der Waals surface area contributed by atoms with Crippen molar-refractivity contribution in [3.63, 3.8) is 0 Å². The van der Waals surface area contributed by atoms with Gasteiger partial charge in [0.2, 0.25) is 0 Å². The molecule has 1 heterocycles. The second-order valence-corrected chi connectivity index (χ2v) is 9.52. The van der Waals surface area contributed by atoms with Crippen molar-refractivity contribution in [2.75, 3.05) is 6.61 Å². The number of ether oxygens (including phenoxy) is 2. The maximum atomic E-state index is 12.7. The summed E-state index contributed by atoms with van der Waals surface area (Å²) < 4.78 is 11.5. The number of carbonyl (C=O) groups is 1. The molecule has 5 heteroatoms. The van der Waals surface area contributed by atoms with Crippen LogP contribution in [-0.4, -0.2) is 35.0 Å². The molecule has 1 saturated carbocycles. The quantitative estimate of drug-likeness (QED) is 0.690. The maximum Gasteiger partial charge on any atom is 0.412 e. The summed E-state index contributed by atoms with van der Waals surface area (Å²) in [6.07, 6.45) is 4.04. The molecule has 1 saturated heterocycles. The third-order valence-corrected chi connectivity index (χ3v) is 5.68. The highest BCUT2D eigenvalue weighted by Gasteiger charge is 2.49. The minimum atomic E-state index is -0.635. The Hall–Kier alpha value is -1.26. The Kier molecular flexibility index (Phi) is 5.04. The lowest BCUT2D eigenvalue weighted by atomic mass is 9.89. The van der Waals surface area contributed by atoms with Crippen LogP contribution in [0.3, 0.4) is 0 Å². The van der Waals surface area contributed by atoms with Gasteiger partial charge in [0.15, 0.2) is 0 Å². The van der Waals surface area contributed by atoms with Crippen LogP contribution in [0, 0.1) is 0 Å². The molecule has 1 unspecified atom stereocenters. The Morgan fingerprint density at radius 2 is 1.88 bits per heavy atom. The first-order valence-electron chi connectivity index (χ1n) is 9.45. The Morgan fingerprint density at radius 1 is 1.27 bits per heavy atom.